The van der Waals surface area contributed by atoms with Crippen molar-refractivity contribution in [2.75, 3.05) is 22.7 Å². The molecule has 1 N–H and O–H groups in total. The van der Waals surface area contributed by atoms with Crippen molar-refractivity contribution in [3.05, 3.63) is 46.7 Å². The second-order valence-corrected chi connectivity index (χ2v) is 7.74. The Balaban J connectivity index is 1.78. The molecule has 3 rings (SSSR count). The summed E-state index contributed by atoms with van der Waals surface area (Å²) < 4.78 is 27.2. The Hall–Kier alpha value is -1.50. The van der Waals surface area contributed by atoms with Crippen molar-refractivity contribution in [3.63, 3.8) is 0 Å². The Bertz CT molecular complexity index is 804. The van der Waals surface area contributed by atoms with Crippen molar-refractivity contribution < 1.29 is 8.42 Å². The third kappa shape index (κ3) is 3.71. The molecule has 0 aliphatic carbocycles. The summed E-state index contributed by atoms with van der Waals surface area (Å²) in [5.41, 5.74) is 1.58. The number of rotatable bonds is 4. The number of pyridine rings is 1. The molecule has 1 aliphatic heterocycles. The molecule has 1 aromatic carbocycles. The maximum atomic E-state index is 12.3. The van der Waals surface area contributed by atoms with Gasteiger partial charge in [0, 0.05) is 30.7 Å². The Morgan fingerprint density at radius 1 is 1.09 bits per heavy atom. The van der Waals surface area contributed by atoms with Crippen LogP contribution >= 0.6 is 23.2 Å². The molecule has 0 spiro atoms. The van der Waals surface area contributed by atoms with Crippen molar-refractivity contribution in [3.8, 4) is 0 Å². The average molecular weight is 372 g/mol. The van der Waals surface area contributed by atoms with Gasteiger partial charge in [0.25, 0.3) is 10.0 Å². The molecule has 0 atom stereocenters. The van der Waals surface area contributed by atoms with Crippen molar-refractivity contribution in [1.82, 2.24) is 4.98 Å². The minimum absolute atomic E-state index is 0.0319. The molecule has 23 heavy (non-hydrogen) atoms. The first-order valence-corrected chi connectivity index (χ1v) is 9.38. The highest BCUT2D eigenvalue weighted by Crippen LogP contribution is 2.25. The fourth-order valence-corrected chi connectivity index (χ4v) is 3.84. The molecule has 1 aromatic heterocycles. The van der Waals surface area contributed by atoms with Gasteiger partial charge in [-0.05, 0) is 43.2 Å². The highest BCUT2D eigenvalue weighted by molar-refractivity contribution is 7.92. The molecule has 0 saturated carbocycles. The van der Waals surface area contributed by atoms with Gasteiger partial charge in [0.2, 0.25) is 0 Å². The van der Waals surface area contributed by atoms with E-state index in [2.05, 4.69) is 14.6 Å². The Labute approximate surface area is 145 Å². The number of anilines is 2. The van der Waals surface area contributed by atoms with Crippen LogP contribution in [0.25, 0.3) is 0 Å². The SMILES string of the molecule is O=S(=O)(Nc1ccc(N2CCCC2)cc1)c1cnc(Cl)c(Cl)c1. The topological polar surface area (TPSA) is 62.3 Å². The van der Waals surface area contributed by atoms with Gasteiger partial charge in [-0.25, -0.2) is 13.4 Å². The summed E-state index contributed by atoms with van der Waals surface area (Å²) in [5.74, 6) is 0. The van der Waals surface area contributed by atoms with Gasteiger partial charge >= 0.3 is 0 Å². The maximum Gasteiger partial charge on any atom is 0.263 e. The number of benzene rings is 1. The van der Waals surface area contributed by atoms with E-state index in [9.17, 15) is 8.42 Å². The lowest BCUT2D eigenvalue weighted by Crippen LogP contribution is -2.17. The molecule has 1 fully saturated rings. The van der Waals surface area contributed by atoms with Crippen molar-refractivity contribution in [2.24, 2.45) is 0 Å². The first-order valence-electron chi connectivity index (χ1n) is 7.14. The number of nitrogens with one attached hydrogen (secondary N) is 1. The second-order valence-electron chi connectivity index (χ2n) is 5.29. The largest absolute Gasteiger partial charge is 0.372 e. The van der Waals surface area contributed by atoms with E-state index in [1.54, 1.807) is 12.1 Å². The molecule has 8 heteroatoms. The zero-order valence-electron chi connectivity index (χ0n) is 12.2. The van der Waals surface area contributed by atoms with Crippen molar-refractivity contribution in [1.29, 1.82) is 0 Å². The zero-order valence-corrected chi connectivity index (χ0v) is 14.5. The third-order valence-electron chi connectivity index (χ3n) is 3.67. The van der Waals surface area contributed by atoms with E-state index in [0.717, 1.165) is 18.8 Å². The van der Waals surface area contributed by atoms with Crippen LogP contribution in [0.3, 0.4) is 0 Å². The summed E-state index contributed by atoms with van der Waals surface area (Å²) >= 11 is 11.5. The quantitative estimate of drug-likeness (QED) is 0.830. The Morgan fingerprint density at radius 2 is 1.74 bits per heavy atom. The summed E-state index contributed by atoms with van der Waals surface area (Å²) in [6.45, 7) is 2.08. The van der Waals surface area contributed by atoms with Gasteiger partial charge in [-0.1, -0.05) is 23.2 Å². The molecular formula is C15H15Cl2N3O2S. The van der Waals surface area contributed by atoms with E-state index in [4.69, 9.17) is 23.2 Å². The lowest BCUT2D eigenvalue weighted by molar-refractivity contribution is 0.601. The van der Waals surface area contributed by atoms with Gasteiger partial charge in [0.1, 0.15) is 10.0 Å². The third-order valence-corrected chi connectivity index (χ3v) is 5.71. The average Bonchev–Trinajstić information content (AvgIpc) is 3.04. The number of sulfonamides is 1. The maximum absolute atomic E-state index is 12.3. The molecular weight excluding hydrogens is 357 g/mol. The van der Waals surface area contributed by atoms with Crippen LogP contribution in [-0.4, -0.2) is 26.5 Å². The smallest absolute Gasteiger partial charge is 0.263 e. The highest BCUT2D eigenvalue weighted by atomic mass is 35.5. The summed E-state index contributed by atoms with van der Waals surface area (Å²) in [6, 6.07) is 8.59. The summed E-state index contributed by atoms with van der Waals surface area (Å²) in [4.78, 5) is 6.01. The highest BCUT2D eigenvalue weighted by Gasteiger charge is 2.17. The van der Waals surface area contributed by atoms with E-state index >= 15 is 0 Å². The Kier molecular flexibility index (Phi) is 4.66. The van der Waals surface area contributed by atoms with Gasteiger partial charge in [-0.3, -0.25) is 4.72 Å². The molecule has 122 valence electrons. The predicted octanol–water partition coefficient (Wildman–Crippen LogP) is 3.79. The minimum Gasteiger partial charge on any atom is -0.372 e. The van der Waals surface area contributed by atoms with E-state index < -0.39 is 10.0 Å². The van der Waals surface area contributed by atoms with Crippen LogP contribution in [0, 0.1) is 0 Å². The fraction of sp³-hybridized carbons (Fsp3) is 0.267. The van der Waals surface area contributed by atoms with Gasteiger partial charge in [-0.15, -0.1) is 0 Å². The van der Waals surface area contributed by atoms with Crippen molar-refractivity contribution >= 4 is 44.6 Å². The summed E-state index contributed by atoms with van der Waals surface area (Å²) in [7, 11) is -3.75. The lowest BCUT2D eigenvalue weighted by Gasteiger charge is -2.18. The standard InChI is InChI=1S/C15H15Cl2N3O2S/c16-14-9-13(10-18-15(14)17)23(21,22)19-11-3-5-12(6-4-11)20-7-1-2-8-20/h3-6,9-10,19H,1-2,7-8H2. The predicted molar refractivity (Wildman–Crippen MR) is 93.0 cm³/mol. The van der Waals surface area contributed by atoms with Gasteiger partial charge in [-0.2, -0.15) is 0 Å². The molecule has 5 nitrogen and oxygen atoms in total. The van der Waals surface area contributed by atoms with Gasteiger partial charge < -0.3 is 4.90 Å². The van der Waals surface area contributed by atoms with Crippen LogP contribution in [0.4, 0.5) is 11.4 Å². The molecule has 2 aromatic rings. The first-order chi connectivity index (χ1) is 11.0. The van der Waals surface area contributed by atoms with E-state index in [1.807, 2.05) is 12.1 Å². The van der Waals surface area contributed by atoms with E-state index in [0.29, 0.717) is 5.69 Å². The van der Waals surface area contributed by atoms with Crippen LogP contribution in [0.1, 0.15) is 12.8 Å². The van der Waals surface area contributed by atoms with Crippen LogP contribution < -0.4 is 9.62 Å². The second kappa shape index (κ2) is 6.55. The molecule has 0 radical (unpaired) electrons. The molecule has 1 saturated heterocycles. The minimum atomic E-state index is -3.75. The molecule has 0 bridgehead atoms. The zero-order chi connectivity index (χ0) is 16.4. The Morgan fingerprint density at radius 3 is 2.35 bits per heavy atom. The number of hydrogen-bond acceptors (Lipinski definition) is 4. The fourth-order valence-electron chi connectivity index (χ4n) is 2.48. The molecule has 2 heterocycles. The number of aromatic nitrogens is 1. The molecule has 1 aliphatic rings. The number of halogens is 2. The van der Waals surface area contributed by atoms with Crippen LogP contribution in [0.2, 0.25) is 10.2 Å². The van der Waals surface area contributed by atoms with Crippen molar-refractivity contribution in [2.45, 2.75) is 17.7 Å². The number of hydrogen-bond donors (Lipinski definition) is 1. The summed E-state index contributed by atoms with van der Waals surface area (Å²) in [6.07, 6.45) is 3.56. The molecule has 0 amide bonds. The van der Waals surface area contributed by atoms with Crippen LogP contribution in [-0.2, 0) is 10.0 Å². The normalized spacial score (nSPS) is 15.0. The van der Waals surface area contributed by atoms with Gasteiger partial charge in [0.05, 0.1) is 5.02 Å². The van der Waals surface area contributed by atoms with E-state index in [1.165, 1.54) is 25.1 Å². The van der Waals surface area contributed by atoms with Crippen LogP contribution in [0.5, 0.6) is 0 Å². The summed E-state index contributed by atoms with van der Waals surface area (Å²) in [5, 5.41) is 0.166. The van der Waals surface area contributed by atoms with E-state index in [-0.39, 0.29) is 15.1 Å². The lowest BCUT2D eigenvalue weighted by atomic mass is 10.2. The number of nitrogens with zero attached hydrogens (tertiary/aromatic N) is 2. The first kappa shape index (κ1) is 16.4. The molecule has 0 unspecified atom stereocenters. The monoisotopic (exact) mass is 371 g/mol. The van der Waals surface area contributed by atoms with Crippen LogP contribution in [0.15, 0.2) is 41.4 Å². The van der Waals surface area contributed by atoms with Gasteiger partial charge in [0.15, 0.2) is 0 Å².